The molecular formula is C18H17ClN4O4S. The average Bonchev–Trinajstić information content (AvgIpc) is 3.04. The average molecular weight is 421 g/mol. The molecule has 0 saturated carbocycles. The molecule has 0 aliphatic rings. The van der Waals surface area contributed by atoms with E-state index in [-0.39, 0.29) is 12.3 Å². The number of halogens is 1. The van der Waals surface area contributed by atoms with Crippen molar-refractivity contribution in [3.8, 4) is 11.5 Å². The fraction of sp³-hybridized carbons (Fsp3) is 0.222. The molecular weight excluding hydrogens is 404 g/mol. The number of non-ortho nitro benzene ring substituents is 1. The summed E-state index contributed by atoms with van der Waals surface area (Å²) in [5.41, 5.74) is 0.00150. The summed E-state index contributed by atoms with van der Waals surface area (Å²) in [6.45, 7) is 0.627. The van der Waals surface area contributed by atoms with Gasteiger partial charge in [-0.1, -0.05) is 41.6 Å². The van der Waals surface area contributed by atoms with E-state index in [0.717, 1.165) is 5.16 Å². The van der Waals surface area contributed by atoms with Gasteiger partial charge in [-0.2, -0.15) is 0 Å². The lowest BCUT2D eigenvalue weighted by molar-refractivity contribution is -0.384. The molecule has 0 spiro atoms. The Morgan fingerprint density at radius 1 is 1.18 bits per heavy atom. The van der Waals surface area contributed by atoms with Gasteiger partial charge >= 0.3 is 0 Å². The largest absolute Gasteiger partial charge is 0.492 e. The molecule has 0 saturated heterocycles. The van der Waals surface area contributed by atoms with E-state index in [4.69, 9.17) is 21.1 Å². The standard InChI is InChI=1S/C18H17ClN4O4S/c1-22-17(12-27-16-8-3-2-7-15(16)19)20-21-18(22)28-10-9-26-14-6-4-5-13(11-14)23(24)25/h2-8,11H,9-10,12H2,1H3. The van der Waals surface area contributed by atoms with Gasteiger partial charge < -0.3 is 14.0 Å². The van der Waals surface area contributed by atoms with E-state index >= 15 is 0 Å². The van der Waals surface area contributed by atoms with Crippen LogP contribution in [0.25, 0.3) is 0 Å². The Kier molecular flexibility index (Phi) is 6.72. The molecule has 0 bridgehead atoms. The zero-order valence-electron chi connectivity index (χ0n) is 14.9. The number of para-hydroxylation sites is 1. The summed E-state index contributed by atoms with van der Waals surface area (Å²) < 4.78 is 13.1. The molecule has 0 aliphatic heterocycles. The van der Waals surface area contributed by atoms with Crippen molar-refractivity contribution in [2.24, 2.45) is 7.05 Å². The second kappa shape index (κ2) is 9.43. The first-order valence-corrected chi connectivity index (χ1v) is 9.66. The fourth-order valence-corrected chi connectivity index (χ4v) is 3.22. The van der Waals surface area contributed by atoms with Gasteiger partial charge in [0, 0.05) is 18.9 Å². The van der Waals surface area contributed by atoms with Gasteiger partial charge in [-0.3, -0.25) is 10.1 Å². The molecule has 1 aromatic heterocycles. The minimum absolute atomic E-state index is 0.00150. The minimum atomic E-state index is -0.451. The maximum atomic E-state index is 10.8. The topological polar surface area (TPSA) is 92.3 Å². The zero-order valence-corrected chi connectivity index (χ0v) is 16.5. The minimum Gasteiger partial charge on any atom is -0.492 e. The Morgan fingerprint density at radius 3 is 2.79 bits per heavy atom. The van der Waals surface area contributed by atoms with Crippen molar-refractivity contribution in [1.29, 1.82) is 0 Å². The van der Waals surface area contributed by atoms with Gasteiger partial charge in [-0.25, -0.2) is 0 Å². The normalized spacial score (nSPS) is 10.6. The first-order valence-electron chi connectivity index (χ1n) is 8.30. The Morgan fingerprint density at radius 2 is 2.00 bits per heavy atom. The van der Waals surface area contributed by atoms with Crippen molar-refractivity contribution in [2.75, 3.05) is 12.4 Å². The molecule has 0 radical (unpaired) electrons. The number of nitro benzene ring substituents is 1. The summed E-state index contributed by atoms with van der Waals surface area (Å²) in [7, 11) is 1.86. The maximum Gasteiger partial charge on any atom is 0.273 e. The van der Waals surface area contributed by atoms with Crippen LogP contribution in [-0.2, 0) is 13.7 Å². The summed E-state index contributed by atoms with van der Waals surface area (Å²) >= 11 is 7.55. The van der Waals surface area contributed by atoms with Gasteiger partial charge in [0.2, 0.25) is 0 Å². The second-order valence-corrected chi connectivity index (χ2v) is 7.10. The van der Waals surface area contributed by atoms with E-state index in [9.17, 15) is 10.1 Å². The summed E-state index contributed by atoms with van der Waals surface area (Å²) in [5, 5.41) is 20.3. The van der Waals surface area contributed by atoms with Gasteiger partial charge in [0.05, 0.1) is 22.6 Å². The lowest BCUT2D eigenvalue weighted by Crippen LogP contribution is -2.05. The third-order valence-electron chi connectivity index (χ3n) is 3.73. The molecule has 2 aromatic carbocycles. The number of rotatable bonds is 9. The van der Waals surface area contributed by atoms with Crippen LogP contribution in [-0.4, -0.2) is 32.0 Å². The number of nitrogens with zero attached hydrogens (tertiary/aromatic N) is 4. The molecule has 8 nitrogen and oxygen atoms in total. The number of benzene rings is 2. The fourth-order valence-electron chi connectivity index (χ4n) is 2.28. The summed E-state index contributed by atoms with van der Waals surface area (Å²) in [6.07, 6.45) is 0. The molecule has 0 aliphatic carbocycles. The van der Waals surface area contributed by atoms with E-state index in [1.165, 1.54) is 23.9 Å². The molecule has 10 heteroatoms. The number of thioether (sulfide) groups is 1. The van der Waals surface area contributed by atoms with Crippen molar-refractivity contribution in [1.82, 2.24) is 14.8 Å². The van der Waals surface area contributed by atoms with Crippen LogP contribution in [0, 0.1) is 10.1 Å². The van der Waals surface area contributed by atoms with Crippen LogP contribution in [0.15, 0.2) is 53.7 Å². The SMILES string of the molecule is Cn1c(COc2ccccc2Cl)nnc1SCCOc1cccc([N+](=O)[O-])c1. The molecule has 0 atom stereocenters. The maximum absolute atomic E-state index is 10.8. The summed E-state index contributed by atoms with van der Waals surface area (Å²) in [5.74, 6) is 2.33. The molecule has 28 heavy (non-hydrogen) atoms. The molecule has 1 heterocycles. The second-order valence-electron chi connectivity index (χ2n) is 5.63. The van der Waals surface area contributed by atoms with Crippen molar-refractivity contribution in [3.05, 3.63) is 69.5 Å². The number of hydrogen-bond donors (Lipinski definition) is 0. The third kappa shape index (κ3) is 5.14. The van der Waals surface area contributed by atoms with E-state index in [1.807, 2.05) is 23.7 Å². The highest BCUT2D eigenvalue weighted by molar-refractivity contribution is 7.99. The van der Waals surface area contributed by atoms with E-state index in [0.29, 0.717) is 34.7 Å². The van der Waals surface area contributed by atoms with E-state index < -0.39 is 4.92 Å². The van der Waals surface area contributed by atoms with Crippen molar-refractivity contribution in [2.45, 2.75) is 11.8 Å². The van der Waals surface area contributed by atoms with E-state index in [1.54, 1.807) is 24.3 Å². The van der Waals surface area contributed by atoms with Crippen LogP contribution < -0.4 is 9.47 Å². The molecule has 0 amide bonds. The summed E-state index contributed by atoms with van der Waals surface area (Å²) in [6, 6.07) is 13.3. The highest BCUT2D eigenvalue weighted by atomic mass is 35.5. The first-order chi connectivity index (χ1) is 13.5. The van der Waals surface area contributed by atoms with Crippen molar-refractivity contribution < 1.29 is 14.4 Å². The number of hydrogen-bond acceptors (Lipinski definition) is 7. The highest BCUT2D eigenvalue weighted by Gasteiger charge is 2.11. The lowest BCUT2D eigenvalue weighted by Gasteiger charge is -2.08. The first kappa shape index (κ1) is 20.0. The van der Waals surface area contributed by atoms with Crippen molar-refractivity contribution in [3.63, 3.8) is 0 Å². The lowest BCUT2D eigenvalue weighted by atomic mass is 10.3. The predicted molar refractivity (Wildman–Crippen MR) is 106 cm³/mol. The van der Waals surface area contributed by atoms with Crippen LogP contribution >= 0.6 is 23.4 Å². The monoisotopic (exact) mass is 420 g/mol. The van der Waals surface area contributed by atoms with E-state index in [2.05, 4.69) is 10.2 Å². The van der Waals surface area contributed by atoms with Crippen LogP contribution in [0.1, 0.15) is 5.82 Å². The van der Waals surface area contributed by atoms with Crippen LogP contribution in [0.5, 0.6) is 11.5 Å². The molecule has 3 rings (SSSR count). The Hall–Kier alpha value is -2.78. The Balaban J connectivity index is 1.48. The van der Waals surface area contributed by atoms with Crippen LogP contribution in [0.4, 0.5) is 5.69 Å². The Labute approximate surface area is 170 Å². The van der Waals surface area contributed by atoms with Gasteiger partial charge in [0.15, 0.2) is 11.0 Å². The Bertz CT molecular complexity index is 966. The van der Waals surface area contributed by atoms with Crippen molar-refractivity contribution >= 4 is 29.1 Å². The predicted octanol–water partition coefficient (Wildman–Crippen LogP) is 4.13. The molecule has 0 unspecified atom stereocenters. The van der Waals surface area contributed by atoms with Gasteiger partial charge in [0.25, 0.3) is 5.69 Å². The summed E-state index contributed by atoms with van der Waals surface area (Å²) in [4.78, 5) is 10.3. The number of ether oxygens (including phenoxy) is 2. The van der Waals surface area contributed by atoms with Gasteiger partial charge in [0.1, 0.15) is 18.1 Å². The molecule has 0 N–H and O–H groups in total. The molecule has 3 aromatic rings. The number of aromatic nitrogens is 3. The molecule has 0 fully saturated rings. The third-order valence-corrected chi connectivity index (χ3v) is 5.03. The van der Waals surface area contributed by atoms with Crippen LogP contribution in [0.3, 0.4) is 0 Å². The number of nitro groups is 1. The smallest absolute Gasteiger partial charge is 0.273 e. The van der Waals surface area contributed by atoms with Crippen LogP contribution in [0.2, 0.25) is 5.02 Å². The quantitative estimate of drug-likeness (QED) is 0.222. The zero-order chi connectivity index (χ0) is 19.9. The van der Waals surface area contributed by atoms with Gasteiger partial charge in [-0.05, 0) is 18.2 Å². The highest BCUT2D eigenvalue weighted by Crippen LogP contribution is 2.24. The van der Waals surface area contributed by atoms with Gasteiger partial charge in [-0.15, -0.1) is 10.2 Å². The molecule has 146 valence electrons.